The molecular formula is C16H22N2O3. The van der Waals surface area contributed by atoms with E-state index in [9.17, 15) is 4.79 Å². The van der Waals surface area contributed by atoms with Gasteiger partial charge in [0.2, 0.25) is 5.88 Å². The zero-order valence-electron chi connectivity index (χ0n) is 12.5. The maximum atomic E-state index is 12.5. The first-order valence-electron chi connectivity index (χ1n) is 7.69. The summed E-state index contributed by atoms with van der Waals surface area (Å²) in [6.07, 6.45) is 5.11. The molecule has 0 aromatic carbocycles. The van der Waals surface area contributed by atoms with Gasteiger partial charge >= 0.3 is 0 Å². The summed E-state index contributed by atoms with van der Waals surface area (Å²) in [7, 11) is 0. The molecule has 1 aliphatic carbocycles. The van der Waals surface area contributed by atoms with Crippen molar-refractivity contribution >= 4 is 5.91 Å². The number of aromatic nitrogens is 1. The quantitative estimate of drug-likeness (QED) is 0.923. The second-order valence-electron chi connectivity index (χ2n) is 6.05. The molecule has 0 spiro atoms. The lowest BCUT2D eigenvalue weighted by Gasteiger charge is -2.47. The lowest BCUT2D eigenvalue weighted by Crippen LogP contribution is -2.57. The molecule has 1 aromatic rings. The highest BCUT2D eigenvalue weighted by Crippen LogP contribution is 2.38. The van der Waals surface area contributed by atoms with Crippen LogP contribution in [0.3, 0.4) is 0 Å². The Balaban J connectivity index is 1.66. The van der Waals surface area contributed by atoms with Gasteiger partial charge in [0.25, 0.3) is 5.91 Å². The fourth-order valence-corrected chi connectivity index (χ4v) is 3.09. The summed E-state index contributed by atoms with van der Waals surface area (Å²) in [5.41, 5.74) is 0.506. The maximum Gasteiger partial charge on any atom is 0.256 e. The second-order valence-corrected chi connectivity index (χ2v) is 6.05. The molecule has 2 heterocycles. The Kier molecular flexibility index (Phi) is 4.10. The van der Waals surface area contributed by atoms with Crippen LogP contribution in [0.2, 0.25) is 0 Å². The molecule has 3 atom stereocenters. The molecule has 1 saturated carbocycles. The number of carbonyl (C=O) groups is 1. The average molecular weight is 290 g/mol. The predicted molar refractivity (Wildman–Crippen MR) is 78.3 cm³/mol. The Morgan fingerprint density at radius 1 is 1.52 bits per heavy atom. The standard InChI is InChI=1S/C16H22N2O3/c1-10(2)21-16-12(5-3-7-17-16)15(19)18-13-9-14-11(13)6-4-8-20-14/h3,5,7,10-11,13-14H,4,6,8-9H2,1-2H3,(H,18,19)/t11-,13-,14+/m1/s1. The molecule has 0 unspecified atom stereocenters. The number of hydrogen-bond donors (Lipinski definition) is 1. The van der Waals surface area contributed by atoms with E-state index in [-0.39, 0.29) is 18.1 Å². The van der Waals surface area contributed by atoms with Crippen LogP contribution in [0, 0.1) is 5.92 Å². The Hall–Kier alpha value is -1.62. The van der Waals surface area contributed by atoms with Gasteiger partial charge in [0.15, 0.2) is 0 Å². The van der Waals surface area contributed by atoms with E-state index in [1.54, 1.807) is 18.3 Å². The molecule has 1 saturated heterocycles. The number of nitrogens with one attached hydrogen (secondary N) is 1. The van der Waals surface area contributed by atoms with Crippen LogP contribution < -0.4 is 10.1 Å². The van der Waals surface area contributed by atoms with Gasteiger partial charge in [0, 0.05) is 24.8 Å². The number of carbonyl (C=O) groups excluding carboxylic acids is 1. The van der Waals surface area contributed by atoms with Crippen LogP contribution in [0.5, 0.6) is 5.88 Å². The van der Waals surface area contributed by atoms with E-state index in [1.165, 1.54) is 0 Å². The molecule has 114 valence electrons. The summed E-state index contributed by atoms with van der Waals surface area (Å²) in [6.45, 7) is 4.70. The van der Waals surface area contributed by atoms with Gasteiger partial charge in [0.1, 0.15) is 5.56 Å². The number of pyridine rings is 1. The van der Waals surface area contributed by atoms with Crippen LogP contribution in [-0.4, -0.2) is 35.7 Å². The number of fused-ring (bicyclic) bond motifs is 1. The van der Waals surface area contributed by atoms with Crippen molar-refractivity contribution in [1.29, 1.82) is 0 Å². The summed E-state index contributed by atoms with van der Waals surface area (Å²) in [5, 5.41) is 3.11. The highest BCUT2D eigenvalue weighted by atomic mass is 16.5. The van der Waals surface area contributed by atoms with Crippen LogP contribution in [-0.2, 0) is 4.74 Å². The molecule has 2 fully saturated rings. The Bertz CT molecular complexity index is 518. The lowest BCUT2D eigenvalue weighted by atomic mass is 9.72. The van der Waals surface area contributed by atoms with Crippen molar-refractivity contribution in [1.82, 2.24) is 10.3 Å². The van der Waals surface area contributed by atoms with Gasteiger partial charge in [-0.3, -0.25) is 4.79 Å². The monoisotopic (exact) mass is 290 g/mol. The largest absolute Gasteiger partial charge is 0.474 e. The molecule has 21 heavy (non-hydrogen) atoms. The van der Waals surface area contributed by atoms with Crippen molar-refractivity contribution in [3.63, 3.8) is 0 Å². The third kappa shape index (κ3) is 3.02. The van der Waals surface area contributed by atoms with Crippen LogP contribution >= 0.6 is 0 Å². The topological polar surface area (TPSA) is 60.5 Å². The SMILES string of the molecule is CC(C)Oc1ncccc1C(=O)N[C@@H]1C[C@@H]2OCCC[C@@H]21. The first-order chi connectivity index (χ1) is 10.1. The summed E-state index contributed by atoms with van der Waals surface area (Å²) < 4.78 is 11.3. The number of ether oxygens (including phenoxy) is 2. The molecule has 0 bridgehead atoms. The summed E-state index contributed by atoms with van der Waals surface area (Å²) >= 11 is 0. The molecule has 2 aliphatic rings. The van der Waals surface area contributed by atoms with Crippen molar-refractivity contribution in [3.05, 3.63) is 23.9 Å². The van der Waals surface area contributed by atoms with Crippen molar-refractivity contribution < 1.29 is 14.3 Å². The number of hydrogen-bond acceptors (Lipinski definition) is 4. The summed E-state index contributed by atoms with van der Waals surface area (Å²) in [6, 6.07) is 3.73. The van der Waals surface area contributed by atoms with Crippen molar-refractivity contribution in [2.24, 2.45) is 5.92 Å². The minimum Gasteiger partial charge on any atom is -0.474 e. The molecule has 1 amide bonds. The van der Waals surface area contributed by atoms with Gasteiger partial charge in [-0.1, -0.05) is 0 Å². The van der Waals surface area contributed by atoms with Gasteiger partial charge in [-0.25, -0.2) is 4.98 Å². The molecule has 1 N–H and O–H groups in total. The van der Waals surface area contributed by atoms with Gasteiger partial charge in [-0.2, -0.15) is 0 Å². The Morgan fingerprint density at radius 3 is 3.14 bits per heavy atom. The van der Waals surface area contributed by atoms with Crippen LogP contribution in [0.15, 0.2) is 18.3 Å². The van der Waals surface area contributed by atoms with E-state index >= 15 is 0 Å². The summed E-state index contributed by atoms with van der Waals surface area (Å²) in [4.78, 5) is 16.6. The zero-order valence-corrected chi connectivity index (χ0v) is 12.5. The molecule has 3 rings (SSSR count). The van der Waals surface area contributed by atoms with E-state index in [1.807, 2.05) is 13.8 Å². The molecule has 1 aromatic heterocycles. The van der Waals surface area contributed by atoms with Crippen molar-refractivity contribution in [2.45, 2.75) is 51.4 Å². The normalized spacial score (nSPS) is 27.7. The fourth-order valence-electron chi connectivity index (χ4n) is 3.09. The molecular weight excluding hydrogens is 268 g/mol. The highest BCUT2D eigenvalue weighted by Gasteiger charge is 2.44. The lowest BCUT2D eigenvalue weighted by molar-refractivity contribution is -0.100. The van der Waals surface area contributed by atoms with E-state index in [0.29, 0.717) is 23.5 Å². The van der Waals surface area contributed by atoms with Gasteiger partial charge in [-0.05, 0) is 45.2 Å². The van der Waals surface area contributed by atoms with E-state index < -0.39 is 0 Å². The van der Waals surface area contributed by atoms with E-state index in [4.69, 9.17) is 9.47 Å². The van der Waals surface area contributed by atoms with Gasteiger partial charge in [0.05, 0.1) is 12.2 Å². The zero-order chi connectivity index (χ0) is 14.8. The molecule has 5 nitrogen and oxygen atoms in total. The third-order valence-electron chi connectivity index (χ3n) is 4.17. The number of amides is 1. The third-order valence-corrected chi connectivity index (χ3v) is 4.17. The number of nitrogens with zero attached hydrogens (tertiary/aromatic N) is 1. The number of rotatable bonds is 4. The first-order valence-corrected chi connectivity index (χ1v) is 7.69. The van der Waals surface area contributed by atoms with Crippen LogP contribution in [0.4, 0.5) is 0 Å². The summed E-state index contributed by atoms with van der Waals surface area (Å²) in [5.74, 6) is 0.766. The Labute approximate surface area is 125 Å². The van der Waals surface area contributed by atoms with Gasteiger partial charge in [-0.15, -0.1) is 0 Å². The Morgan fingerprint density at radius 2 is 2.38 bits per heavy atom. The average Bonchev–Trinajstić information content (AvgIpc) is 2.44. The molecule has 1 aliphatic heterocycles. The van der Waals surface area contributed by atoms with Gasteiger partial charge < -0.3 is 14.8 Å². The highest BCUT2D eigenvalue weighted by molar-refractivity contribution is 5.96. The first kappa shape index (κ1) is 14.3. The second kappa shape index (κ2) is 6.02. The van der Waals surface area contributed by atoms with E-state index in [0.717, 1.165) is 25.9 Å². The van der Waals surface area contributed by atoms with Crippen molar-refractivity contribution in [2.75, 3.05) is 6.61 Å². The van der Waals surface area contributed by atoms with Crippen molar-refractivity contribution in [3.8, 4) is 5.88 Å². The minimum absolute atomic E-state index is 0.00808. The molecule has 5 heteroatoms. The smallest absolute Gasteiger partial charge is 0.256 e. The minimum atomic E-state index is -0.104. The fraction of sp³-hybridized carbons (Fsp3) is 0.625. The maximum absolute atomic E-state index is 12.5. The van der Waals surface area contributed by atoms with Crippen LogP contribution in [0.25, 0.3) is 0 Å². The predicted octanol–water partition coefficient (Wildman–Crippen LogP) is 2.17. The molecule has 0 radical (unpaired) electrons. The van der Waals surface area contributed by atoms with E-state index in [2.05, 4.69) is 10.3 Å². The van der Waals surface area contributed by atoms with Crippen LogP contribution in [0.1, 0.15) is 43.5 Å².